The number of nitrogens with two attached hydrogens (primary N) is 1. The van der Waals surface area contributed by atoms with Gasteiger partial charge in [-0.1, -0.05) is 0 Å². The predicted molar refractivity (Wildman–Crippen MR) is 76.0 cm³/mol. The van der Waals surface area contributed by atoms with Gasteiger partial charge in [-0.2, -0.15) is 4.31 Å². The summed E-state index contributed by atoms with van der Waals surface area (Å²) >= 11 is 1.01. The van der Waals surface area contributed by atoms with E-state index >= 15 is 0 Å². The summed E-state index contributed by atoms with van der Waals surface area (Å²) in [4.78, 5) is 11.5. The topological polar surface area (TPSA) is 98.9 Å². The van der Waals surface area contributed by atoms with Crippen LogP contribution in [0.2, 0.25) is 0 Å². The molecule has 0 aliphatic rings. The Morgan fingerprint density at radius 2 is 2.20 bits per heavy atom. The summed E-state index contributed by atoms with van der Waals surface area (Å²) in [6.07, 6.45) is 0. The summed E-state index contributed by atoms with van der Waals surface area (Å²) in [7, 11) is -2.32. The molecule has 0 amide bonds. The third-order valence-electron chi connectivity index (χ3n) is 2.35. The fourth-order valence-electron chi connectivity index (χ4n) is 1.42. The molecule has 0 spiro atoms. The summed E-state index contributed by atoms with van der Waals surface area (Å²) < 4.78 is 35.6. The number of hydrogen-bond donors (Lipinski definition) is 1. The van der Waals surface area contributed by atoms with E-state index in [0.717, 1.165) is 15.6 Å². The molecule has 0 atom stereocenters. The van der Waals surface area contributed by atoms with Gasteiger partial charge >= 0.3 is 5.97 Å². The molecule has 20 heavy (non-hydrogen) atoms. The zero-order chi connectivity index (χ0) is 15.2. The van der Waals surface area contributed by atoms with Crippen LogP contribution in [-0.2, 0) is 24.3 Å². The van der Waals surface area contributed by atoms with E-state index in [2.05, 4.69) is 0 Å². The average Bonchev–Trinajstić information content (AvgIpc) is 2.82. The highest BCUT2D eigenvalue weighted by atomic mass is 32.2. The highest BCUT2D eigenvalue weighted by molar-refractivity contribution is 7.91. The van der Waals surface area contributed by atoms with Crippen molar-refractivity contribution in [3.63, 3.8) is 0 Å². The highest BCUT2D eigenvalue weighted by Crippen LogP contribution is 2.25. The monoisotopic (exact) mass is 322 g/mol. The van der Waals surface area contributed by atoms with E-state index < -0.39 is 16.0 Å². The Balaban J connectivity index is 2.93. The first kappa shape index (κ1) is 16.9. The molecule has 114 valence electrons. The van der Waals surface area contributed by atoms with Crippen LogP contribution >= 0.6 is 11.3 Å². The van der Waals surface area contributed by atoms with Crippen molar-refractivity contribution >= 4 is 33.0 Å². The molecule has 1 rings (SSSR count). The predicted octanol–water partition coefficient (Wildman–Crippen LogP) is 0.531. The number of esters is 1. The van der Waals surface area contributed by atoms with Gasteiger partial charge in [0, 0.05) is 24.7 Å². The van der Waals surface area contributed by atoms with Gasteiger partial charge in [-0.15, -0.1) is 11.3 Å². The number of carbonyl (C=O) groups is 1. The Morgan fingerprint density at radius 3 is 2.70 bits per heavy atom. The Bertz CT molecular complexity index is 541. The van der Waals surface area contributed by atoms with Crippen LogP contribution in [0.4, 0.5) is 5.69 Å². The first-order chi connectivity index (χ1) is 9.41. The molecule has 0 aliphatic carbocycles. The molecule has 0 saturated heterocycles. The van der Waals surface area contributed by atoms with Gasteiger partial charge in [0.1, 0.15) is 10.8 Å². The average molecular weight is 322 g/mol. The van der Waals surface area contributed by atoms with Crippen LogP contribution < -0.4 is 5.73 Å². The van der Waals surface area contributed by atoms with Crippen molar-refractivity contribution in [2.24, 2.45) is 0 Å². The van der Waals surface area contributed by atoms with E-state index in [4.69, 9.17) is 15.2 Å². The van der Waals surface area contributed by atoms with E-state index in [1.54, 1.807) is 6.92 Å². The second-order valence-corrected chi connectivity index (χ2v) is 6.91. The van der Waals surface area contributed by atoms with Crippen LogP contribution in [0.1, 0.15) is 6.92 Å². The lowest BCUT2D eigenvalue weighted by Crippen LogP contribution is -2.38. The smallest absolute Gasteiger partial charge is 0.321 e. The number of ether oxygens (including phenoxy) is 2. The number of hydrogen-bond acceptors (Lipinski definition) is 7. The van der Waals surface area contributed by atoms with Crippen molar-refractivity contribution in [3.8, 4) is 0 Å². The number of rotatable bonds is 8. The van der Waals surface area contributed by atoms with Crippen LogP contribution in [-0.4, -0.2) is 52.1 Å². The van der Waals surface area contributed by atoms with Gasteiger partial charge in [-0.3, -0.25) is 4.79 Å². The maximum Gasteiger partial charge on any atom is 0.321 e. The first-order valence-corrected chi connectivity index (χ1v) is 8.22. The molecule has 0 aromatic carbocycles. The molecule has 0 saturated carbocycles. The summed E-state index contributed by atoms with van der Waals surface area (Å²) in [6.45, 7) is 1.75. The first-order valence-electron chi connectivity index (χ1n) is 5.90. The number of carbonyl (C=O) groups excluding carboxylic acids is 1. The van der Waals surface area contributed by atoms with Gasteiger partial charge in [-0.25, -0.2) is 8.42 Å². The Kier molecular flexibility index (Phi) is 6.40. The minimum atomic E-state index is -3.77. The quantitative estimate of drug-likeness (QED) is 0.701. The van der Waals surface area contributed by atoms with Crippen molar-refractivity contribution in [1.29, 1.82) is 0 Å². The lowest BCUT2D eigenvalue weighted by Gasteiger charge is -2.19. The van der Waals surface area contributed by atoms with Crippen LogP contribution in [0.5, 0.6) is 0 Å². The van der Waals surface area contributed by atoms with Crippen molar-refractivity contribution < 1.29 is 22.7 Å². The molecule has 1 aromatic heterocycles. The Morgan fingerprint density at radius 1 is 1.50 bits per heavy atom. The molecular weight excluding hydrogens is 304 g/mol. The summed E-state index contributed by atoms with van der Waals surface area (Å²) in [5, 5.41) is 1.53. The minimum absolute atomic E-state index is 0.0649. The zero-order valence-corrected chi connectivity index (χ0v) is 13.0. The number of methoxy groups -OCH3 is 1. The molecule has 2 N–H and O–H groups in total. The molecule has 0 aliphatic heterocycles. The lowest BCUT2D eigenvalue weighted by atomic mass is 10.6. The second-order valence-electron chi connectivity index (χ2n) is 3.84. The maximum absolute atomic E-state index is 12.4. The number of anilines is 1. The van der Waals surface area contributed by atoms with Gasteiger partial charge in [0.15, 0.2) is 0 Å². The third-order valence-corrected chi connectivity index (χ3v) is 5.62. The Hall–Kier alpha value is -1.16. The van der Waals surface area contributed by atoms with Crippen LogP contribution in [0, 0.1) is 0 Å². The molecule has 1 heterocycles. The summed E-state index contributed by atoms with van der Waals surface area (Å²) in [5.41, 5.74) is 5.91. The summed E-state index contributed by atoms with van der Waals surface area (Å²) in [6, 6.07) is 1.37. The number of thiophene rings is 1. The van der Waals surface area contributed by atoms with E-state index in [1.165, 1.54) is 18.6 Å². The normalized spacial score (nSPS) is 11.8. The SMILES string of the molecule is CCOC(=O)CN(CCOC)S(=O)(=O)c1cc(N)cs1. The van der Waals surface area contributed by atoms with E-state index in [-0.39, 0.29) is 30.5 Å². The van der Waals surface area contributed by atoms with E-state index in [9.17, 15) is 13.2 Å². The molecule has 7 nitrogen and oxygen atoms in total. The largest absolute Gasteiger partial charge is 0.465 e. The van der Waals surface area contributed by atoms with Crippen molar-refractivity contribution in [1.82, 2.24) is 4.31 Å². The lowest BCUT2D eigenvalue weighted by molar-refractivity contribution is -0.143. The van der Waals surface area contributed by atoms with Crippen molar-refractivity contribution in [2.75, 3.05) is 39.1 Å². The van der Waals surface area contributed by atoms with Crippen LogP contribution in [0.25, 0.3) is 0 Å². The van der Waals surface area contributed by atoms with E-state index in [1.807, 2.05) is 0 Å². The van der Waals surface area contributed by atoms with Crippen molar-refractivity contribution in [3.05, 3.63) is 11.4 Å². The van der Waals surface area contributed by atoms with Crippen LogP contribution in [0.15, 0.2) is 15.7 Å². The molecule has 9 heteroatoms. The molecular formula is C11H18N2O5S2. The number of sulfonamides is 1. The minimum Gasteiger partial charge on any atom is -0.465 e. The summed E-state index contributed by atoms with van der Waals surface area (Å²) in [5.74, 6) is -0.600. The standard InChI is InChI=1S/C11H18N2O5S2/c1-3-18-10(14)7-13(4-5-17-2)20(15,16)11-6-9(12)8-19-11/h6,8H,3-5,7,12H2,1-2H3. The molecule has 1 aromatic rings. The fourth-order valence-corrected chi connectivity index (χ4v) is 4.02. The number of nitrogens with zero attached hydrogens (tertiary/aromatic N) is 1. The zero-order valence-electron chi connectivity index (χ0n) is 11.4. The molecule has 0 bridgehead atoms. The van der Waals surface area contributed by atoms with Crippen LogP contribution in [0.3, 0.4) is 0 Å². The van der Waals surface area contributed by atoms with Gasteiger partial charge in [0.25, 0.3) is 10.0 Å². The molecule has 0 unspecified atom stereocenters. The third kappa shape index (κ3) is 4.44. The fraction of sp³-hybridized carbons (Fsp3) is 0.545. The van der Waals surface area contributed by atoms with E-state index in [0.29, 0.717) is 5.69 Å². The Labute approximate surface area is 122 Å². The van der Waals surface area contributed by atoms with Gasteiger partial charge < -0.3 is 15.2 Å². The molecule has 0 fully saturated rings. The highest BCUT2D eigenvalue weighted by Gasteiger charge is 2.28. The van der Waals surface area contributed by atoms with Crippen molar-refractivity contribution in [2.45, 2.75) is 11.1 Å². The maximum atomic E-state index is 12.4. The second kappa shape index (κ2) is 7.58. The van der Waals surface area contributed by atoms with Gasteiger partial charge in [0.05, 0.1) is 13.2 Å². The van der Waals surface area contributed by atoms with Gasteiger partial charge in [0.2, 0.25) is 0 Å². The molecule has 0 radical (unpaired) electrons. The van der Waals surface area contributed by atoms with Gasteiger partial charge in [-0.05, 0) is 13.0 Å². The number of nitrogen functional groups attached to an aromatic ring is 1.